The highest BCUT2D eigenvalue weighted by Gasteiger charge is 2.51. The molecule has 26 heavy (non-hydrogen) atoms. The van der Waals surface area contributed by atoms with Gasteiger partial charge >= 0.3 is 0 Å². The summed E-state index contributed by atoms with van der Waals surface area (Å²) in [6.45, 7) is 0.155. The maximum Gasteiger partial charge on any atom is 0.236 e. The first-order chi connectivity index (χ1) is 12.6. The van der Waals surface area contributed by atoms with Crippen molar-refractivity contribution in [2.24, 2.45) is 5.41 Å². The van der Waals surface area contributed by atoms with Gasteiger partial charge in [0.15, 0.2) is 5.76 Å². The SMILES string of the molecule is COc1ccc(-c2cc(CN3C(=O)CC4(CCCCC4)C3=O)on2)cc1. The number of amides is 2. The molecule has 2 fully saturated rings. The van der Waals surface area contributed by atoms with E-state index in [1.54, 1.807) is 13.2 Å². The van der Waals surface area contributed by atoms with Gasteiger partial charge in [-0.3, -0.25) is 14.5 Å². The molecule has 136 valence electrons. The van der Waals surface area contributed by atoms with Gasteiger partial charge in [0.2, 0.25) is 11.8 Å². The first kappa shape index (κ1) is 16.8. The van der Waals surface area contributed by atoms with Gasteiger partial charge in [0.1, 0.15) is 11.4 Å². The van der Waals surface area contributed by atoms with E-state index in [4.69, 9.17) is 9.26 Å². The zero-order chi connectivity index (χ0) is 18.1. The summed E-state index contributed by atoms with van der Waals surface area (Å²) in [5.41, 5.74) is 1.10. The molecular formula is C20H22N2O4. The van der Waals surface area contributed by atoms with E-state index in [-0.39, 0.29) is 18.4 Å². The number of nitrogens with zero attached hydrogens (tertiary/aromatic N) is 2. The Hall–Kier alpha value is -2.63. The van der Waals surface area contributed by atoms with E-state index < -0.39 is 5.41 Å². The van der Waals surface area contributed by atoms with Crippen LogP contribution in [0.15, 0.2) is 34.9 Å². The lowest BCUT2D eigenvalue weighted by atomic mass is 9.73. The second-order valence-electron chi connectivity index (χ2n) is 7.21. The lowest BCUT2D eigenvalue weighted by molar-refractivity contribution is -0.143. The van der Waals surface area contributed by atoms with Crippen molar-refractivity contribution in [3.8, 4) is 17.0 Å². The van der Waals surface area contributed by atoms with Crippen LogP contribution in [0.4, 0.5) is 0 Å². The van der Waals surface area contributed by atoms with Crippen LogP contribution in [0, 0.1) is 5.41 Å². The van der Waals surface area contributed by atoms with Gasteiger partial charge in [-0.05, 0) is 37.1 Å². The summed E-state index contributed by atoms with van der Waals surface area (Å²) in [7, 11) is 1.62. The summed E-state index contributed by atoms with van der Waals surface area (Å²) in [6, 6.07) is 9.27. The van der Waals surface area contributed by atoms with Gasteiger partial charge in [-0.25, -0.2) is 0 Å². The molecule has 0 atom stereocenters. The monoisotopic (exact) mass is 354 g/mol. The molecule has 1 aromatic heterocycles. The number of imide groups is 1. The minimum Gasteiger partial charge on any atom is -0.497 e. The molecule has 1 saturated carbocycles. The van der Waals surface area contributed by atoms with E-state index in [9.17, 15) is 9.59 Å². The van der Waals surface area contributed by atoms with Crippen molar-refractivity contribution in [1.82, 2.24) is 10.1 Å². The number of carbonyl (C=O) groups excluding carboxylic acids is 2. The summed E-state index contributed by atoms with van der Waals surface area (Å²) in [5.74, 6) is 1.15. The number of aromatic nitrogens is 1. The van der Waals surface area contributed by atoms with E-state index >= 15 is 0 Å². The van der Waals surface area contributed by atoms with Gasteiger partial charge in [0.05, 0.1) is 19.1 Å². The summed E-state index contributed by atoms with van der Waals surface area (Å²) in [6.07, 6.45) is 5.18. The third kappa shape index (κ3) is 2.89. The van der Waals surface area contributed by atoms with Crippen LogP contribution in [0.5, 0.6) is 5.75 Å². The van der Waals surface area contributed by atoms with Gasteiger partial charge < -0.3 is 9.26 Å². The smallest absolute Gasteiger partial charge is 0.236 e. The molecule has 2 aromatic rings. The minimum absolute atomic E-state index is 0.0374. The molecule has 6 nitrogen and oxygen atoms in total. The van der Waals surface area contributed by atoms with Crippen LogP contribution >= 0.6 is 0 Å². The Kier molecular flexibility index (Phi) is 4.26. The van der Waals surface area contributed by atoms with E-state index in [1.165, 1.54) is 4.90 Å². The normalized spacial score (nSPS) is 19.3. The van der Waals surface area contributed by atoms with Crippen molar-refractivity contribution >= 4 is 11.8 Å². The fourth-order valence-corrected chi connectivity index (χ4v) is 4.08. The molecule has 1 spiro atoms. The van der Waals surface area contributed by atoms with Gasteiger partial charge in [-0.2, -0.15) is 0 Å². The van der Waals surface area contributed by atoms with Crippen LogP contribution in [0.3, 0.4) is 0 Å². The van der Waals surface area contributed by atoms with Crippen molar-refractivity contribution in [2.45, 2.75) is 45.1 Å². The molecule has 1 saturated heterocycles. The first-order valence-electron chi connectivity index (χ1n) is 9.06. The Morgan fingerprint density at radius 1 is 1.15 bits per heavy atom. The highest BCUT2D eigenvalue weighted by atomic mass is 16.5. The van der Waals surface area contributed by atoms with Gasteiger partial charge in [-0.15, -0.1) is 0 Å². The lowest BCUT2D eigenvalue weighted by Crippen LogP contribution is -2.36. The standard InChI is InChI=1S/C20H22N2O4/c1-25-15-7-5-14(6-8-15)17-11-16(26-21-17)13-22-18(23)12-20(19(22)24)9-3-2-4-10-20/h5-8,11H,2-4,9-10,12-13H2,1H3. The number of rotatable bonds is 4. The van der Waals surface area contributed by atoms with Crippen LogP contribution in [0.25, 0.3) is 11.3 Å². The minimum atomic E-state index is -0.464. The van der Waals surface area contributed by atoms with Crippen molar-refractivity contribution in [3.05, 3.63) is 36.1 Å². The second kappa shape index (κ2) is 6.59. The fourth-order valence-electron chi connectivity index (χ4n) is 4.08. The Morgan fingerprint density at radius 3 is 2.58 bits per heavy atom. The molecule has 2 amide bonds. The largest absolute Gasteiger partial charge is 0.497 e. The van der Waals surface area contributed by atoms with E-state index in [2.05, 4.69) is 5.16 Å². The Balaban J connectivity index is 1.50. The highest BCUT2D eigenvalue weighted by Crippen LogP contribution is 2.45. The zero-order valence-electron chi connectivity index (χ0n) is 14.9. The van der Waals surface area contributed by atoms with Crippen LogP contribution in [0.1, 0.15) is 44.3 Å². The number of carbonyl (C=O) groups is 2. The Morgan fingerprint density at radius 2 is 1.88 bits per heavy atom. The number of benzene rings is 1. The van der Waals surface area contributed by atoms with Gasteiger partial charge in [0, 0.05) is 18.1 Å². The summed E-state index contributed by atoms with van der Waals surface area (Å²) < 4.78 is 10.5. The molecule has 1 aliphatic heterocycles. The van der Waals surface area contributed by atoms with Crippen LogP contribution in [0.2, 0.25) is 0 Å². The molecule has 0 radical (unpaired) electrons. The fraction of sp³-hybridized carbons (Fsp3) is 0.450. The third-order valence-corrected chi connectivity index (χ3v) is 5.56. The lowest BCUT2D eigenvalue weighted by Gasteiger charge is -2.30. The second-order valence-corrected chi connectivity index (χ2v) is 7.21. The Bertz CT molecular complexity index is 819. The topological polar surface area (TPSA) is 72.6 Å². The molecule has 2 heterocycles. The summed E-state index contributed by atoms with van der Waals surface area (Å²) >= 11 is 0. The Labute approximate surface area is 152 Å². The molecule has 0 N–H and O–H groups in total. The van der Waals surface area contributed by atoms with Crippen molar-refractivity contribution in [3.63, 3.8) is 0 Å². The molecule has 2 aliphatic rings. The highest BCUT2D eigenvalue weighted by molar-refractivity contribution is 6.05. The average molecular weight is 354 g/mol. The number of hydrogen-bond donors (Lipinski definition) is 0. The molecule has 6 heteroatoms. The van der Waals surface area contributed by atoms with Crippen molar-refractivity contribution < 1.29 is 18.8 Å². The van der Waals surface area contributed by atoms with Crippen molar-refractivity contribution in [2.75, 3.05) is 7.11 Å². The molecule has 1 aromatic carbocycles. The van der Waals surface area contributed by atoms with Gasteiger partial charge in [0.25, 0.3) is 0 Å². The molecular weight excluding hydrogens is 332 g/mol. The number of hydrogen-bond acceptors (Lipinski definition) is 5. The predicted octanol–water partition coefficient (Wildman–Crippen LogP) is 3.56. The number of ether oxygens (including phenoxy) is 1. The molecule has 0 unspecified atom stereocenters. The van der Waals surface area contributed by atoms with Crippen LogP contribution in [-0.2, 0) is 16.1 Å². The summed E-state index contributed by atoms with van der Waals surface area (Å²) in [4.78, 5) is 26.7. The van der Waals surface area contributed by atoms with Crippen LogP contribution in [-0.4, -0.2) is 29.0 Å². The van der Waals surface area contributed by atoms with Crippen molar-refractivity contribution in [1.29, 1.82) is 0 Å². The van der Waals surface area contributed by atoms with E-state index in [0.717, 1.165) is 43.4 Å². The van der Waals surface area contributed by atoms with E-state index in [0.29, 0.717) is 17.9 Å². The molecule has 4 rings (SSSR count). The quantitative estimate of drug-likeness (QED) is 0.785. The van der Waals surface area contributed by atoms with Gasteiger partial charge in [-0.1, -0.05) is 24.4 Å². The maximum atomic E-state index is 12.9. The number of methoxy groups -OCH3 is 1. The average Bonchev–Trinajstić information content (AvgIpc) is 3.22. The maximum absolute atomic E-state index is 12.9. The number of likely N-dealkylation sites (tertiary alicyclic amines) is 1. The first-order valence-corrected chi connectivity index (χ1v) is 9.06. The summed E-state index contributed by atoms with van der Waals surface area (Å²) in [5, 5.41) is 4.07. The zero-order valence-corrected chi connectivity index (χ0v) is 14.9. The molecule has 1 aliphatic carbocycles. The third-order valence-electron chi connectivity index (χ3n) is 5.56. The van der Waals surface area contributed by atoms with E-state index in [1.807, 2.05) is 24.3 Å². The van der Waals surface area contributed by atoms with Crippen LogP contribution < -0.4 is 4.74 Å². The molecule has 0 bridgehead atoms. The predicted molar refractivity (Wildman–Crippen MR) is 94.2 cm³/mol.